The van der Waals surface area contributed by atoms with Gasteiger partial charge in [0.15, 0.2) is 0 Å². The molecule has 28 heavy (non-hydrogen) atoms. The molecule has 0 spiro atoms. The molecule has 0 radical (unpaired) electrons. The molecule has 0 aliphatic carbocycles. The minimum Gasteiger partial charge on any atom is -0.268 e. The predicted molar refractivity (Wildman–Crippen MR) is 117 cm³/mol. The fraction of sp³-hybridized carbons (Fsp3) is 0. The van der Waals surface area contributed by atoms with Crippen LogP contribution in [0.4, 0.5) is 10.5 Å². The van der Waals surface area contributed by atoms with Crippen LogP contribution in [0.5, 0.6) is 0 Å². The molecule has 1 fully saturated rings. The molecule has 0 unspecified atom stereocenters. The Morgan fingerprint density at radius 2 is 1.46 bits per heavy atom. The summed E-state index contributed by atoms with van der Waals surface area (Å²) in [6, 6.07) is 24.7. The van der Waals surface area contributed by atoms with Crippen LogP contribution < -0.4 is 4.90 Å². The Bertz CT molecular complexity index is 1050. The minimum atomic E-state index is -0.319. The van der Waals surface area contributed by atoms with Crippen LogP contribution in [0.25, 0.3) is 6.08 Å². The van der Waals surface area contributed by atoms with E-state index >= 15 is 0 Å². The number of rotatable bonds is 4. The van der Waals surface area contributed by atoms with E-state index in [1.165, 1.54) is 9.80 Å². The van der Waals surface area contributed by atoms with Crippen molar-refractivity contribution >= 4 is 58.0 Å². The van der Waals surface area contributed by atoms with Gasteiger partial charge in [0.1, 0.15) is 0 Å². The first-order valence-corrected chi connectivity index (χ1v) is 10.5. The number of benzene rings is 3. The molecule has 1 aliphatic heterocycles. The van der Waals surface area contributed by atoms with Crippen molar-refractivity contribution in [3.8, 4) is 0 Å². The molecular weight excluding hydrogens is 410 g/mol. The van der Waals surface area contributed by atoms with Crippen molar-refractivity contribution in [2.24, 2.45) is 0 Å². The van der Waals surface area contributed by atoms with Gasteiger partial charge in [0.25, 0.3) is 11.1 Å². The SMILES string of the molecule is O=C1S/C(=C/c2ccc(Sc3ccccc3)cc2)C(=O)N1c1ccc(Cl)cc1. The van der Waals surface area contributed by atoms with Crippen LogP contribution in [-0.2, 0) is 4.79 Å². The van der Waals surface area contributed by atoms with E-state index in [-0.39, 0.29) is 11.1 Å². The molecule has 1 aliphatic rings. The number of carbonyl (C=O) groups is 2. The van der Waals surface area contributed by atoms with E-state index in [0.717, 1.165) is 22.2 Å². The van der Waals surface area contributed by atoms with E-state index in [1.807, 2.05) is 42.5 Å². The lowest BCUT2D eigenvalue weighted by atomic mass is 10.2. The largest absolute Gasteiger partial charge is 0.298 e. The fourth-order valence-electron chi connectivity index (χ4n) is 2.69. The summed E-state index contributed by atoms with van der Waals surface area (Å²) >= 11 is 8.50. The van der Waals surface area contributed by atoms with Gasteiger partial charge in [-0.3, -0.25) is 9.59 Å². The highest BCUT2D eigenvalue weighted by molar-refractivity contribution is 8.19. The molecular formula is C22H14ClNO2S2. The Hall–Kier alpha value is -2.47. The predicted octanol–water partition coefficient (Wildman–Crippen LogP) is 6.73. The molecule has 0 atom stereocenters. The molecule has 2 amide bonds. The number of imide groups is 1. The molecule has 1 heterocycles. The first-order chi connectivity index (χ1) is 13.6. The lowest BCUT2D eigenvalue weighted by molar-refractivity contribution is -0.113. The van der Waals surface area contributed by atoms with Gasteiger partial charge in [-0.15, -0.1) is 0 Å². The van der Waals surface area contributed by atoms with Crippen molar-refractivity contribution in [2.75, 3.05) is 4.90 Å². The molecule has 6 heteroatoms. The molecule has 4 rings (SSSR count). The van der Waals surface area contributed by atoms with Gasteiger partial charge < -0.3 is 0 Å². The van der Waals surface area contributed by atoms with Crippen molar-refractivity contribution in [2.45, 2.75) is 9.79 Å². The van der Waals surface area contributed by atoms with Crippen LogP contribution in [0.3, 0.4) is 0 Å². The number of hydrogen-bond donors (Lipinski definition) is 0. The molecule has 3 nitrogen and oxygen atoms in total. The second-order valence-electron chi connectivity index (χ2n) is 5.98. The topological polar surface area (TPSA) is 37.4 Å². The summed E-state index contributed by atoms with van der Waals surface area (Å²) in [5.74, 6) is -0.319. The van der Waals surface area contributed by atoms with E-state index in [1.54, 1.807) is 42.1 Å². The molecule has 0 aromatic heterocycles. The molecule has 3 aromatic carbocycles. The number of hydrogen-bond acceptors (Lipinski definition) is 4. The molecule has 0 bridgehead atoms. The summed E-state index contributed by atoms with van der Waals surface area (Å²) < 4.78 is 0. The highest BCUT2D eigenvalue weighted by Gasteiger charge is 2.36. The summed E-state index contributed by atoms with van der Waals surface area (Å²) in [5.41, 5.74) is 1.39. The van der Waals surface area contributed by atoms with Crippen molar-refractivity contribution in [3.05, 3.63) is 94.4 Å². The van der Waals surface area contributed by atoms with Gasteiger partial charge in [0.2, 0.25) is 0 Å². The first-order valence-electron chi connectivity index (χ1n) is 8.47. The van der Waals surface area contributed by atoms with Gasteiger partial charge in [0, 0.05) is 14.8 Å². The third kappa shape index (κ3) is 4.17. The van der Waals surface area contributed by atoms with E-state index in [2.05, 4.69) is 12.1 Å². The highest BCUT2D eigenvalue weighted by Crippen LogP contribution is 2.36. The second-order valence-corrected chi connectivity index (χ2v) is 8.55. The summed E-state index contributed by atoms with van der Waals surface area (Å²) in [4.78, 5) is 28.9. The Morgan fingerprint density at radius 3 is 2.14 bits per heavy atom. The normalized spacial score (nSPS) is 15.5. The maximum atomic E-state index is 12.7. The van der Waals surface area contributed by atoms with Crippen molar-refractivity contribution in [1.82, 2.24) is 0 Å². The van der Waals surface area contributed by atoms with Gasteiger partial charge in [-0.05, 0) is 71.9 Å². The zero-order valence-corrected chi connectivity index (χ0v) is 16.9. The van der Waals surface area contributed by atoms with Crippen LogP contribution in [0.1, 0.15) is 5.56 Å². The lowest BCUT2D eigenvalue weighted by Gasteiger charge is -2.12. The lowest BCUT2D eigenvalue weighted by Crippen LogP contribution is -2.27. The Kier molecular flexibility index (Phi) is 5.57. The van der Waals surface area contributed by atoms with Crippen LogP contribution in [0, 0.1) is 0 Å². The quantitative estimate of drug-likeness (QED) is 0.436. The van der Waals surface area contributed by atoms with E-state index < -0.39 is 0 Å². The van der Waals surface area contributed by atoms with Crippen molar-refractivity contribution < 1.29 is 9.59 Å². The molecule has 3 aromatic rings. The molecule has 138 valence electrons. The van der Waals surface area contributed by atoms with Gasteiger partial charge >= 0.3 is 0 Å². The Labute approximate surface area is 176 Å². The smallest absolute Gasteiger partial charge is 0.268 e. The first kappa shape index (κ1) is 18.9. The van der Waals surface area contributed by atoms with Gasteiger partial charge in [-0.25, -0.2) is 4.90 Å². The average Bonchev–Trinajstić information content (AvgIpc) is 2.98. The Morgan fingerprint density at radius 1 is 0.821 bits per heavy atom. The van der Waals surface area contributed by atoms with E-state index in [0.29, 0.717) is 15.6 Å². The number of anilines is 1. The Balaban J connectivity index is 1.52. The minimum absolute atomic E-state index is 0.310. The summed E-state index contributed by atoms with van der Waals surface area (Å²) in [5, 5.41) is 0.245. The number of nitrogens with zero attached hydrogens (tertiary/aromatic N) is 1. The maximum Gasteiger partial charge on any atom is 0.298 e. The standard InChI is InChI=1S/C22H14ClNO2S2/c23-16-8-10-17(11-9-16)24-21(25)20(28-22(24)26)14-15-6-12-19(13-7-15)27-18-4-2-1-3-5-18/h1-14H/b20-14+. The zero-order chi connectivity index (χ0) is 19.5. The van der Waals surface area contributed by atoms with Gasteiger partial charge in [-0.2, -0.15) is 0 Å². The highest BCUT2D eigenvalue weighted by atomic mass is 35.5. The van der Waals surface area contributed by atoms with Gasteiger partial charge in [-0.1, -0.05) is 53.7 Å². The van der Waals surface area contributed by atoms with E-state index in [4.69, 9.17) is 11.6 Å². The van der Waals surface area contributed by atoms with Crippen LogP contribution in [0.2, 0.25) is 5.02 Å². The van der Waals surface area contributed by atoms with E-state index in [9.17, 15) is 9.59 Å². The van der Waals surface area contributed by atoms with Crippen molar-refractivity contribution in [1.29, 1.82) is 0 Å². The zero-order valence-electron chi connectivity index (χ0n) is 14.5. The van der Waals surface area contributed by atoms with Gasteiger partial charge in [0.05, 0.1) is 10.6 Å². The summed E-state index contributed by atoms with van der Waals surface area (Å²) in [6.45, 7) is 0. The van der Waals surface area contributed by atoms with Crippen LogP contribution >= 0.6 is 35.1 Å². The number of halogens is 1. The van der Waals surface area contributed by atoms with Crippen LogP contribution in [0.15, 0.2) is 93.6 Å². The maximum absolute atomic E-state index is 12.7. The fourth-order valence-corrected chi connectivity index (χ4v) is 4.49. The molecule has 1 saturated heterocycles. The van der Waals surface area contributed by atoms with Crippen LogP contribution in [-0.4, -0.2) is 11.1 Å². The molecule has 0 saturated carbocycles. The third-order valence-corrected chi connectivity index (χ3v) is 6.17. The molecule has 0 N–H and O–H groups in total. The summed E-state index contributed by atoms with van der Waals surface area (Å²) in [7, 11) is 0. The second kappa shape index (κ2) is 8.27. The monoisotopic (exact) mass is 423 g/mol. The number of thioether (sulfide) groups is 1. The average molecular weight is 424 g/mol. The third-order valence-electron chi connectivity index (χ3n) is 4.04. The number of carbonyl (C=O) groups excluding carboxylic acids is 2. The summed E-state index contributed by atoms with van der Waals surface area (Å²) in [6.07, 6.45) is 1.75. The van der Waals surface area contributed by atoms with Crippen molar-refractivity contribution in [3.63, 3.8) is 0 Å². The number of amides is 2.